The quantitative estimate of drug-likeness (QED) is 0.338. The molecule has 0 aliphatic heterocycles. The van der Waals surface area contributed by atoms with Gasteiger partial charge in [0.2, 0.25) is 11.8 Å². The summed E-state index contributed by atoms with van der Waals surface area (Å²) in [5.74, 6) is -1.63. The van der Waals surface area contributed by atoms with Crippen LogP contribution in [0.25, 0.3) is 0 Å². The van der Waals surface area contributed by atoms with Crippen molar-refractivity contribution in [1.29, 1.82) is 0 Å². The molecule has 2 aromatic carbocycles. The average Bonchev–Trinajstić information content (AvgIpc) is 2.63. The molecule has 0 bridgehead atoms. The molecule has 0 saturated heterocycles. The summed E-state index contributed by atoms with van der Waals surface area (Å²) in [5.41, 5.74) is 1.32. The number of benzene rings is 2. The highest BCUT2D eigenvalue weighted by Crippen LogP contribution is 2.32. The predicted molar refractivity (Wildman–Crippen MR) is 103 cm³/mol. The van der Waals surface area contributed by atoms with Crippen LogP contribution in [0.5, 0.6) is 11.5 Å². The molecular weight excluding hydrogens is 459 g/mol. The van der Waals surface area contributed by atoms with E-state index in [-0.39, 0.29) is 22.7 Å². The second kappa shape index (κ2) is 9.41. The molecule has 2 rings (SSSR count). The van der Waals surface area contributed by atoms with E-state index in [1.807, 2.05) is 0 Å². The van der Waals surface area contributed by atoms with Gasteiger partial charge in [-0.15, -0.1) is 0 Å². The van der Waals surface area contributed by atoms with Gasteiger partial charge in [0.15, 0.2) is 11.5 Å². The highest BCUT2D eigenvalue weighted by Gasteiger charge is 2.30. The van der Waals surface area contributed by atoms with Gasteiger partial charge < -0.3 is 15.2 Å². The molecule has 7 nitrogen and oxygen atoms in total. The van der Waals surface area contributed by atoms with Gasteiger partial charge >= 0.3 is 6.18 Å². The number of nitrogens with one attached hydrogen (secondary N) is 2. The summed E-state index contributed by atoms with van der Waals surface area (Å²) in [7, 11) is 1.37. The van der Waals surface area contributed by atoms with Crippen molar-refractivity contribution in [1.82, 2.24) is 5.43 Å². The topological polar surface area (TPSA) is 100 Å². The Morgan fingerprint density at radius 2 is 1.97 bits per heavy atom. The van der Waals surface area contributed by atoms with Crippen molar-refractivity contribution in [2.45, 2.75) is 12.6 Å². The summed E-state index contributed by atoms with van der Waals surface area (Å²) >= 11 is 3.23. The zero-order chi connectivity index (χ0) is 21.6. The smallest absolute Gasteiger partial charge is 0.416 e. The van der Waals surface area contributed by atoms with Crippen LogP contribution in [0.4, 0.5) is 18.9 Å². The number of anilines is 1. The van der Waals surface area contributed by atoms with Crippen LogP contribution in [0.1, 0.15) is 17.5 Å². The minimum Gasteiger partial charge on any atom is -0.504 e. The van der Waals surface area contributed by atoms with Gasteiger partial charge in [0.1, 0.15) is 6.42 Å². The summed E-state index contributed by atoms with van der Waals surface area (Å²) < 4.78 is 43.6. The number of hydrogen-bond acceptors (Lipinski definition) is 5. The molecule has 0 aliphatic carbocycles. The van der Waals surface area contributed by atoms with Crippen molar-refractivity contribution >= 4 is 39.6 Å². The zero-order valence-electron chi connectivity index (χ0n) is 14.9. The van der Waals surface area contributed by atoms with E-state index in [2.05, 4.69) is 31.8 Å². The third-order valence-electron chi connectivity index (χ3n) is 3.48. The lowest BCUT2D eigenvalue weighted by Gasteiger charge is -2.09. The first kappa shape index (κ1) is 22.2. The SMILES string of the molecule is COc1cc(Br)cc(C=NNC(=O)CC(=O)Nc2cccc(C(F)(F)F)c2)c1O. The Balaban J connectivity index is 1.94. The van der Waals surface area contributed by atoms with Crippen LogP contribution >= 0.6 is 15.9 Å². The van der Waals surface area contributed by atoms with Crippen molar-refractivity contribution < 1.29 is 32.6 Å². The van der Waals surface area contributed by atoms with Crippen LogP contribution < -0.4 is 15.5 Å². The highest BCUT2D eigenvalue weighted by atomic mass is 79.9. The minimum atomic E-state index is -4.55. The number of hydrogen-bond donors (Lipinski definition) is 3. The monoisotopic (exact) mass is 473 g/mol. The first-order valence-electron chi connectivity index (χ1n) is 7.95. The van der Waals surface area contributed by atoms with Crippen LogP contribution in [0.15, 0.2) is 46.0 Å². The molecule has 0 aromatic heterocycles. The summed E-state index contributed by atoms with van der Waals surface area (Å²) in [6.45, 7) is 0. The number of hydrazone groups is 1. The minimum absolute atomic E-state index is 0.0905. The van der Waals surface area contributed by atoms with E-state index in [4.69, 9.17) is 4.74 Å². The van der Waals surface area contributed by atoms with Gasteiger partial charge in [-0.3, -0.25) is 9.59 Å². The maximum atomic E-state index is 12.7. The number of alkyl halides is 3. The van der Waals surface area contributed by atoms with Gasteiger partial charge in [0.05, 0.1) is 18.9 Å². The van der Waals surface area contributed by atoms with E-state index >= 15 is 0 Å². The van der Waals surface area contributed by atoms with Crippen LogP contribution in [-0.4, -0.2) is 30.2 Å². The normalized spacial score (nSPS) is 11.3. The number of halogens is 4. The fourth-order valence-electron chi connectivity index (χ4n) is 2.19. The summed E-state index contributed by atoms with van der Waals surface area (Å²) in [4.78, 5) is 23.6. The van der Waals surface area contributed by atoms with Gasteiger partial charge in [-0.25, -0.2) is 5.43 Å². The lowest BCUT2D eigenvalue weighted by atomic mass is 10.2. The molecule has 0 radical (unpaired) electrons. The molecule has 29 heavy (non-hydrogen) atoms. The summed E-state index contributed by atoms with van der Waals surface area (Å²) in [5, 5.41) is 15.8. The maximum Gasteiger partial charge on any atom is 0.416 e. The fourth-order valence-corrected chi connectivity index (χ4v) is 2.64. The van der Waals surface area contributed by atoms with Gasteiger partial charge in [-0.05, 0) is 30.3 Å². The van der Waals surface area contributed by atoms with E-state index < -0.39 is 30.0 Å². The van der Waals surface area contributed by atoms with Gasteiger partial charge in [-0.1, -0.05) is 22.0 Å². The molecule has 0 aliphatic rings. The number of ether oxygens (including phenoxy) is 1. The van der Waals surface area contributed by atoms with E-state index in [0.29, 0.717) is 4.47 Å². The molecule has 2 amide bonds. The molecule has 0 unspecified atom stereocenters. The van der Waals surface area contributed by atoms with E-state index in [1.165, 1.54) is 25.3 Å². The lowest BCUT2D eigenvalue weighted by Crippen LogP contribution is -2.24. The standard InChI is InChI=1S/C18H15BrF3N3O4/c1-29-14-7-12(19)5-10(17(14)28)9-23-25-16(27)8-15(26)24-13-4-2-3-11(6-13)18(20,21)22/h2-7,9,28H,8H2,1H3,(H,24,26)(H,25,27). The number of phenols is 1. The molecule has 3 N–H and O–H groups in total. The second-order valence-corrected chi connectivity index (χ2v) is 6.56. The van der Waals surface area contributed by atoms with Gasteiger partial charge in [-0.2, -0.15) is 18.3 Å². The van der Waals surface area contributed by atoms with Crippen molar-refractivity contribution in [2.24, 2.45) is 5.10 Å². The fraction of sp³-hybridized carbons (Fsp3) is 0.167. The molecular formula is C18H15BrF3N3O4. The van der Waals surface area contributed by atoms with Crippen LogP contribution in [0.2, 0.25) is 0 Å². The predicted octanol–water partition coefficient (Wildman–Crippen LogP) is 3.66. The average molecular weight is 474 g/mol. The Morgan fingerprint density at radius 1 is 1.24 bits per heavy atom. The van der Waals surface area contributed by atoms with Crippen molar-refractivity contribution in [3.63, 3.8) is 0 Å². The third-order valence-corrected chi connectivity index (χ3v) is 3.93. The summed E-state index contributed by atoms with van der Waals surface area (Å²) in [6.07, 6.45) is -4.07. The molecule has 0 atom stereocenters. The molecule has 11 heteroatoms. The van der Waals surface area contributed by atoms with Gasteiger partial charge in [0.25, 0.3) is 0 Å². The summed E-state index contributed by atoms with van der Waals surface area (Å²) in [6, 6.07) is 7.09. The molecule has 0 spiro atoms. The number of carbonyl (C=O) groups excluding carboxylic acids is 2. The number of phenolic OH excluding ortho intramolecular Hbond substituents is 1. The molecule has 0 saturated carbocycles. The number of amides is 2. The Labute approximate surface area is 171 Å². The first-order valence-corrected chi connectivity index (χ1v) is 8.75. The molecule has 0 heterocycles. The maximum absolute atomic E-state index is 12.7. The number of rotatable bonds is 6. The van der Waals surface area contributed by atoms with Crippen LogP contribution in [0.3, 0.4) is 0 Å². The second-order valence-electron chi connectivity index (χ2n) is 5.64. The number of carbonyl (C=O) groups is 2. The lowest BCUT2D eigenvalue weighted by molar-refractivity contribution is -0.137. The van der Waals surface area contributed by atoms with E-state index in [0.717, 1.165) is 24.4 Å². The molecule has 154 valence electrons. The zero-order valence-corrected chi connectivity index (χ0v) is 16.5. The van der Waals surface area contributed by atoms with E-state index in [9.17, 15) is 27.9 Å². The number of methoxy groups -OCH3 is 1. The van der Waals surface area contributed by atoms with Crippen LogP contribution in [0, 0.1) is 0 Å². The Kier molecular flexibility index (Phi) is 7.21. The first-order chi connectivity index (χ1) is 13.6. The molecule has 2 aromatic rings. The third kappa shape index (κ3) is 6.49. The van der Waals surface area contributed by atoms with Crippen molar-refractivity contribution in [2.75, 3.05) is 12.4 Å². The Morgan fingerprint density at radius 3 is 2.62 bits per heavy atom. The van der Waals surface area contributed by atoms with Crippen molar-refractivity contribution in [3.8, 4) is 11.5 Å². The Hall–Kier alpha value is -3.08. The highest BCUT2D eigenvalue weighted by molar-refractivity contribution is 9.10. The number of nitrogens with zero attached hydrogens (tertiary/aromatic N) is 1. The largest absolute Gasteiger partial charge is 0.504 e. The van der Waals surface area contributed by atoms with Gasteiger partial charge in [0, 0.05) is 15.7 Å². The van der Waals surface area contributed by atoms with E-state index in [1.54, 1.807) is 0 Å². The number of aromatic hydroxyl groups is 1. The molecule has 0 fully saturated rings. The van der Waals surface area contributed by atoms with Crippen LogP contribution in [-0.2, 0) is 15.8 Å². The Bertz CT molecular complexity index is 948. The van der Waals surface area contributed by atoms with Crippen molar-refractivity contribution in [3.05, 3.63) is 52.0 Å².